The SMILES string of the molecule is C.[Fe+3].[Fe+3].[O-2].[O-2].[O-2]. The molecule has 0 bridgehead atoms. The van der Waals surface area contributed by atoms with Crippen LogP contribution in [-0.4, -0.2) is 0 Å². The summed E-state index contributed by atoms with van der Waals surface area (Å²) in [5, 5.41) is 0. The maximum Gasteiger partial charge on any atom is 3.00 e. The van der Waals surface area contributed by atoms with Crippen molar-refractivity contribution < 1.29 is 50.6 Å². The fraction of sp³-hybridized carbons (Fsp3) is 1.00. The van der Waals surface area contributed by atoms with E-state index in [9.17, 15) is 0 Å². The Bertz CT molecular complexity index is 8.75. The molecule has 3 nitrogen and oxygen atoms in total. The summed E-state index contributed by atoms with van der Waals surface area (Å²) in [7, 11) is 0. The normalized spacial score (nSPS) is 0. The third-order valence-electron chi connectivity index (χ3n) is 0. The molecule has 0 unspecified atom stereocenters. The molecule has 0 aromatic heterocycles. The van der Waals surface area contributed by atoms with E-state index >= 15 is 0 Å². The van der Waals surface area contributed by atoms with E-state index in [2.05, 4.69) is 0 Å². The second-order valence-corrected chi connectivity index (χ2v) is 0. The third kappa shape index (κ3) is 89.5. The van der Waals surface area contributed by atoms with Crippen molar-refractivity contribution in [3.63, 3.8) is 0 Å². The molecule has 0 aromatic carbocycles. The van der Waals surface area contributed by atoms with Gasteiger partial charge in [-0.2, -0.15) is 0 Å². The van der Waals surface area contributed by atoms with E-state index in [1.807, 2.05) is 0 Å². The summed E-state index contributed by atoms with van der Waals surface area (Å²) in [5.74, 6) is 0. The van der Waals surface area contributed by atoms with Crippen LogP contribution in [-0.2, 0) is 50.6 Å². The van der Waals surface area contributed by atoms with Gasteiger partial charge in [0.25, 0.3) is 0 Å². The Kier molecular flexibility index (Phi) is 8110. The maximum atomic E-state index is 0. The van der Waals surface area contributed by atoms with Crippen LogP contribution in [0, 0.1) is 0 Å². The van der Waals surface area contributed by atoms with Crippen molar-refractivity contribution in [1.82, 2.24) is 0 Å². The van der Waals surface area contributed by atoms with E-state index in [0.29, 0.717) is 0 Å². The van der Waals surface area contributed by atoms with Crippen molar-refractivity contribution in [1.29, 1.82) is 0 Å². The van der Waals surface area contributed by atoms with E-state index in [1.54, 1.807) is 0 Å². The first-order valence-corrected chi connectivity index (χ1v) is 0. The Balaban J connectivity index is 0. The summed E-state index contributed by atoms with van der Waals surface area (Å²) < 4.78 is 0. The topological polar surface area (TPSA) is 85.5 Å². The van der Waals surface area contributed by atoms with Crippen LogP contribution in [0.4, 0.5) is 0 Å². The molecule has 0 N–H and O–H groups in total. The molecular formula is CH4Fe2O3. The molecule has 5 heteroatoms. The molecule has 6 heavy (non-hydrogen) atoms. The predicted octanol–water partition coefficient (Wildman–Crippen LogP) is 0.275. The Labute approximate surface area is 58.4 Å². The van der Waals surface area contributed by atoms with Crippen LogP contribution < -0.4 is 0 Å². The molecule has 0 saturated heterocycles. The molecule has 0 saturated carbocycles. The zero-order chi connectivity index (χ0) is 0. The molecule has 0 aliphatic rings. The van der Waals surface area contributed by atoms with Crippen LogP contribution >= 0.6 is 0 Å². The Morgan fingerprint density at radius 1 is 0.500 bits per heavy atom. The van der Waals surface area contributed by atoms with Crippen LogP contribution in [0.1, 0.15) is 7.43 Å². The van der Waals surface area contributed by atoms with Gasteiger partial charge in [0, 0.05) is 0 Å². The fourth-order valence-electron chi connectivity index (χ4n) is 0. The van der Waals surface area contributed by atoms with Gasteiger partial charge < -0.3 is 16.4 Å². The largest absolute Gasteiger partial charge is 3.00 e. The molecular weight excluding hydrogens is 172 g/mol. The summed E-state index contributed by atoms with van der Waals surface area (Å²) in [6, 6.07) is 0. The minimum atomic E-state index is 0. The average Bonchev–Trinajstić information content (AvgIpc) is 0. The first-order chi connectivity index (χ1) is 0. The number of rotatable bonds is 0. The smallest absolute Gasteiger partial charge is 2.00 e. The molecule has 0 heterocycles. The first-order valence-electron chi connectivity index (χ1n) is 0. The second-order valence-electron chi connectivity index (χ2n) is 0. The second kappa shape index (κ2) is 170. The van der Waals surface area contributed by atoms with E-state index in [-0.39, 0.29) is 58.0 Å². The summed E-state index contributed by atoms with van der Waals surface area (Å²) in [6.07, 6.45) is 0. The molecule has 2 radical (unpaired) electrons. The summed E-state index contributed by atoms with van der Waals surface area (Å²) in [5.41, 5.74) is 0. The Morgan fingerprint density at radius 3 is 0.500 bits per heavy atom. The van der Waals surface area contributed by atoms with Gasteiger partial charge >= 0.3 is 34.1 Å². The quantitative estimate of drug-likeness (QED) is 0.474. The number of hydrogen-bond donors (Lipinski definition) is 0. The minimum absolute atomic E-state index is 0. The summed E-state index contributed by atoms with van der Waals surface area (Å²) >= 11 is 0. The van der Waals surface area contributed by atoms with Gasteiger partial charge in [-0.05, 0) is 0 Å². The van der Waals surface area contributed by atoms with Crippen LogP contribution in [0.2, 0.25) is 0 Å². The van der Waals surface area contributed by atoms with Crippen molar-refractivity contribution >= 4 is 0 Å². The summed E-state index contributed by atoms with van der Waals surface area (Å²) in [4.78, 5) is 0. The zero-order valence-corrected chi connectivity index (χ0v) is 4.14. The van der Waals surface area contributed by atoms with Gasteiger partial charge in [-0.1, -0.05) is 7.43 Å². The van der Waals surface area contributed by atoms with Crippen LogP contribution in [0.5, 0.6) is 0 Å². The van der Waals surface area contributed by atoms with Crippen LogP contribution in [0.15, 0.2) is 0 Å². The van der Waals surface area contributed by atoms with Crippen LogP contribution in [0.25, 0.3) is 0 Å². The standard InChI is InChI=1S/CH4.2Fe.3O/h1H4;;;;;/q;2*+3;3*-2. The monoisotopic (exact) mass is 176 g/mol. The molecule has 42 valence electrons. The van der Waals surface area contributed by atoms with Crippen molar-refractivity contribution in [2.75, 3.05) is 0 Å². The molecule has 0 aromatic rings. The van der Waals surface area contributed by atoms with E-state index in [0.717, 1.165) is 0 Å². The van der Waals surface area contributed by atoms with E-state index < -0.39 is 0 Å². The van der Waals surface area contributed by atoms with Gasteiger partial charge in [0.05, 0.1) is 0 Å². The number of hydrogen-bond acceptors (Lipinski definition) is 0. The van der Waals surface area contributed by atoms with Crippen molar-refractivity contribution in [3.05, 3.63) is 0 Å². The maximum absolute atomic E-state index is 0. The van der Waals surface area contributed by atoms with Gasteiger partial charge in [-0.25, -0.2) is 0 Å². The average molecular weight is 176 g/mol. The van der Waals surface area contributed by atoms with E-state index in [4.69, 9.17) is 0 Å². The minimum Gasteiger partial charge on any atom is -2.00 e. The van der Waals surface area contributed by atoms with Gasteiger partial charge in [0.1, 0.15) is 0 Å². The fourth-order valence-corrected chi connectivity index (χ4v) is 0. The van der Waals surface area contributed by atoms with Gasteiger partial charge in [-0.15, -0.1) is 0 Å². The molecule has 0 fully saturated rings. The van der Waals surface area contributed by atoms with E-state index in [1.165, 1.54) is 0 Å². The zero-order valence-electron chi connectivity index (χ0n) is 1.93. The molecule has 0 atom stereocenters. The van der Waals surface area contributed by atoms with Gasteiger partial charge in [0.15, 0.2) is 0 Å². The molecule has 0 spiro atoms. The van der Waals surface area contributed by atoms with Gasteiger partial charge in [-0.3, -0.25) is 0 Å². The Hall–Kier alpha value is 0.919. The Morgan fingerprint density at radius 2 is 0.500 bits per heavy atom. The summed E-state index contributed by atoms with van der Waals surface area (Å²) in [6.45, 7) is 0. The van der Waals surface area contributed by atoms with Crippen LogP contribution in [0.3, 0.4) is 0 Å². The van der Waals surface area contributed by atoms with Gasteiger partial charge in [0.2, 0.25) is 0 Å². The molecule has 0 aliphatic carbocycles. The van der Waals surface area contributed by atoms with Crippen molar-refractivity contribution in [2.24, 2.45) is 0 Å². The van der Waals surface area contributed by atoms with Crippen molar-refractivity contribution in [3.8, 4) is 0 Å². The molecule has 0 rings (SSSR count). The molecule has 0 aliphatic heterocycles. The first kappa shape index (κ1) is 287. The predicted molar refractivity (Wildman–Crippen MR) is 8.79 cm³/mol. The molecule has 0 amide bonds. The third-order valence-corrected chi connectivity index (χ3v) is 0. The van der Waals surface area contributed by atoms with Crippen molar-refractivity contribution in [2.45, 2.75) is 7.43 Å².